The Hall–Kier alpha value is -2.62. The van der Waals surface area contributed by atoms with Crippen LogP contribution < -0.4 is 4.74 Å². The Labute approximate surface area is 142 Å². The summed E-state index contributed by atoms with van der Waals surface area (Å²) in [4.78, 5) is 22.5. The number of ketones is 1. The average Bonchev–Trinajstić information content (AvgIpc) is 2.57. The Morgan fingerprint density at radius 1 is 0.917 bits per heavy atom. The van der Waals surface area contributed by atoms with Gasteiger partial charge in [-0.25, -0.2) is 0 Å². The lowest BCUT2D eigenvalue weighted by Gasteiger charge is -2.07. The third-order valence-corrected chi connectivity index (χ3v) is 3.57. The Morgan fingerprint density at radius 3 is 2.04 bits per heavy atom. The van der Waals surface area contributed by atoms with Gasteiger partial charge in [0.25, 0.3) is 0 Å². The number of aryl methyl sites for hydroxylation is 1. The Balaban J connectivity index is 1.85. The van der Waals surface area contributed by atoms with Crippen molar-refractivity contribution in [3.63, 3.8) is 0 Å². The molecule has 0 bridgehead atoms. The van der Waals surface area contributed by atoms with Gasteiger partial charge in [-0.2, -0.15) is 0 Å². The third-order valence-electron chi connectivity index (χ3n) is 3.57. The minimum Gasteiger partial charge on any atom is -0.466 e. The van der Waals surface area contributed by atoms with E-state index in [1.807, 2.05) is 31.2 Å². The molecule has 0 aliphatic heterocycles. The molecule has 2 rings (SSSR count). The van der Waals surface area contributed by atoms with Gasteiger partial charge in [-0.05, 0) is 68.7 Å². The van der Waals surface area contributed by atoms with Crippen LogP contribution in [-0.4, -0.2) is 18.4 Å². The van der Waals surface area contributed by atoms with E-state index < -0.39 is 0 Å². The lowest BCUT2D eigenvalue weighted by Crippen LogP contribution is -2.03. The van der Waals surface area contributed by atoms with E-state index in [-0.39, 0.29) is 11.8 Å². The predicted octanol–water partition coefficient (Wildman–Crippen LogP) is 4.57. The van der Waals surface area contributed by atoms with Crippen LogP contribution in [0.1, 0.15) is 42.6 Å². The summed E-state index contributed by atoms with van der Waals surface area (Å²) in [5, 5.41) is 0. The van der Waals surface area contributed by atoms with Gasteiger partial charge in [-0.3, -0.25) is 9.59 Å². The van der Waals surface area contributed by atoms with Crippen LogP contribution >= 0.6 is 0 Å². The van der Waals surface area contributed by atoms with E-state index in [0.717, 1.165) is 24.2 Å². The summed E-state index contributed by atoms with van der Waals surface area (Å²) in [5.41, 5.74) is 1.82. The molecular formula is C20H22O4. The van der Waals surface area contributed by atoms with Crippen LogP contribution in [0.5, 0.6) is 11.5 Å². The van der Waals surface area contributed by atoms with Gasteiger partial charge in [0.1, 0.15) is 11.5 Å². The van der Waals surface area contributed by atoms with Crippen LogP contribution in [0.2, 0.25) is 0 Å². The maximum Gasteiger partial charge on any atom is 0.305 e. The van der Waals surface area contributed by atoms with Crippen LogP contribution in [0.3, 0.4) is 0 Å². The molecule has 0 aliphatic rings. The zero-order valence-corrected chi connectivity index (χ0v) is 14.1. The molecule has 4 heteroatoms. The number of rotatable bonds is 8. The molecule has 0 heterocycles. The Bertz CT molecular complexity index is 672. The molecule has 0 aromatic heterocycles. The minimum atomic E-state index is -0.147. The summed E-state index contributed by atoms with van der Waals surface area (Å²) in [5.74, 6) is 1.31. The molecular weight excluding hydrogens is 304 g/mol. The molecule has 0 aliphatic carbocycles. The smallest absolute Gasteiger partial charge is 0.305 e. The molecule has 24 heavy (non-hydrogen) atoms. The van der Waals surface area contributed by atoms with E-state index in [0.29, 0.717) is 24.3 Å². The second-order valence-electron chi connectivity index (χ2n) is 5.49. The summed E-state index contributed by atoms with van der Waals surface area (Å²) in [7, 11) is 0. The normalized spacial score (nSPS) is 10.2. The zero-order chi connectivity index (χ0) is 17.4. The predicted molar refractivity (Wildman–Crippen MR) is 92.5 cm³/mol. The number of carbonyl (C=O) groups excluding carboxylic acids is 2. The van der Waals surface area contributed by atoms with Crippen LogP contribution in [-0.2, 0) is 16.0 Å². The first-order valence-electron chi connectivity index (χ1n) is 8.12. The molecule has 0 N–H and O–H groups in total. The SMILES string of the molecule is CCOC(=O)CCCc1ccc(Oc2ccc(C(C)=O)cc2)cc1. The van der Waals surface area contributed by atoms with Crippen LogP contribution in [0, 0.1) is 0 Å². The minimum absolute atomic E-state index is 0.0359. The van der Waals surface area contributed by atoms with Gasteiger partial charge in [0.15, 0.2) is 5.78 Å². The van der Waals surface area contributed by atoms with E-state index in [1.54, 1.807) is 24.3 Å². The largest absolute Gasteiger partial charge is 0.466 e. The average molecular weight is 326 g/mol. The molecule has 0 atom stereocenters. The van der Waals surface area contributed by atoms with Gasteiger partial charge >= 0.3 is 5.97 Å². The van der Waals surface area contributed by atoms with Crippen molar-refractivity contribution in [1.82, 2.24) is 0 Å². The zero-order valence-electron chi connectivity index (χ0n) is 14.1. The van der Waals surface area contributed by atoms with Gasteiger partial charge in [-0.15, -0.1) is 0 Å². The number of esters is 1. The quantitative estimate of drug-likeness (QED) is 0.527. The third kappa shape index (κ3) is 5.54. The molecule has 0 unspecified atom stereocenters. The molecule has 4 nitrogen and oxygen atoms in total. The van der Waals surface area contributed by atoms with Crippen molar-refractivity contribution in [3.8, 4) is 11.5 Å². The highest BCUT2D eigenvalue weighted by Crippen LogP contribution is 2.22. The van der Waals surface area contributed by atoms with Crippen LogP contribution in [0.25, 0.3) is 0 Å². The number of carbonyl (C=O) groups is 2. The number of hydrogen-bond donors (Lipinski definition) is 0. The number of hydrogen-bond acceptors (Lipinski definition) is 4. The lowest BCUT2D eigenvalue weighted by atomic mass is 10.1. The summed E-state index contributed by atoms with van der Waals surface area (Å²) in [6.45, 7) is 3.78. The molecule has 0 saturated heterocycles. The molecule has 0 spiro atoms. The maximum absolute atomic E-state index is 11.3. The molecule has 0 radical (unpaired) electrons. The highest BCUT2D eigenvalue weighted by Gasteiger charge is 2.03. The number of ether oxygens (including phenoxy) is 2. The second-order valence-corrected chi connectivity index (χ2v) is 5.49. The molecule has 2 aromatic carbocycles. The summed E-state index contributed by atoms with van der Waals surface area (Å²) >= 11 is 0. The van der Waals surface area contributed by atoms with Gasteiger partial charge in [-0.1, -0.05) is 12.1 Å². The van der Waals surface area contributed by atoms with Gasteiger partial charge in [0, 0.05) is 12.0 Å². The van der Waals surface area contributed by atoms with E-state index >= 15 is 0 Å². The first-order valence-corrected chi connectivity index (χ1v) is 8.12. The number of benzene rings is 2. The topological polar surface area (TPSA) is 52.6 Å². The summed E-state index contributed by atoms with van der Waals surface area (Å²) in [6.07, 6.45) is 2.03. The second kappa shape index (κ2) is 8.87. The fourth-order valence-electron chi connectivity index (χ4n) is 2.29. The van der Waals surface area contributed by atoms with E-state index in [2.05, 4.69) is 0 Å². The fourth-order valence-corrected chi connectivity index (χ4v) is 2.29. The molecule has 0 fully saturated rings. The Kier molecular flexibility index (Phi) is 6.55. The van der Waals surface area contributed by atoms with E-state index in [4.69, 9.17) is 9.47 Å². The lowest BCUT2D eigenvalue weighted by molar-refractivity contribution is -0.143. The van der Waals surface area contributed by atoms with Gasteiger partial charge in [0.05, 0.1) is 6.61 Å². The van der Waals surface area contributed by atoms with Crippen molar-refractivity contribution in [2.45, 2.75) is 33.1 Å². The van der Waals surface area contributed by atoms with Crippen LogP contribution in [0.15, 0.2) is 48.5 Å². The first-order chi connectivity index (χ1) is 11.6. The molecule has 0 saturated carbocycles. The van der Waals surface area contributed by atoms with Crippen molar-refractivity contribution in [2.24, 2.45) is 0 Å². The summed E-state index contributed by atoms with van der Waals surface area (Å²) < 4.78 is 10.7. The van der Waals surface area contributed by atoms with Crippen molar-refractivity contribution >= 4 is 11.8 Å². The van der Waals surface area contributed by atoms with Crippen molar-refractivity contribution in [2.75, 3.05) is 6.61 Å². The fraction of sp³-hybridized carbons (Fsp3) is 0.300. The maximum atomic E-state index is 11.3. The van der Waals surface area contributed by atoms with Crippen LogP contribution in [0.4, 0.5) is 0 Å². The number of Topliss-reactive ketones (excluding diaryl/α,β-unsaturated/α-hetero) is 1. The van der Waals surface area contributed by atoms with E-state index in [9.17, 15) is 9.59 Å². The van der Waals surface area contributed by atoms with Crippen molar-refractivity contribution in [1.29, 1.82) is 0 Å². The Morgan fingerprint density at radius 2 is 1.50 bits per heavy atom. The highest BCUT2D eigenvalue weighted by atomic mass is 16.5. The molecule has 126 valence electrons. The molecule has 0 amide bonds. The standard InChI is InChI=1S/C20H22O4/c1-3-23-20(22)6-4-5-16-7-11-18(12-8-16)24-19-13-9-17(10-14-19)15(2)21/h7-14H,3-6H2,1-2H3. The van der Waals surface area contributed by atoms with E-state index in [1.165, 1.54) is 6.92 Å². The first kappa shape index (κ1) is 17.7. The van der Waals surface area contributed by atoms with Crippen molar-refractivity contribution < 1.29 is 19.1 Å². The molecule has 2 aromatic rings. The van der Waals surface area contributed by atoms with Crippen molar-refractivity contribution in [3.05, 3.63) is 59.7 Å². The van der Waals surface area contributed by atoms with Gasteiger partial charge in [0.2, 0.25) is 0 Å². The highest BCUT2D eigenvalue weighted by molar-refractivity contribution is 5.94. The monoisotopic (exact) mass is 326 g/mol. The van der Waals surface area contributed by atoms with Gasteiger partial charge < -0.3 is 9.47 Å². The summed E-state index contributed by atoms with van der Waals surface area (Å²) in [6, 6.07) is 14.9.